The lowest BCUT2D eigenvalue weighted by Gasteiger charge is -2.25. The second kappa shape index (κ2) is 10.8. The van der Waals surface area contributed by atoms with Crippen LogP contribution in [0.15, 0.2) is 67.6 Å². The molecule has 2 aromatic carbocycles. The number of halogens is 2. The Kier molecular flexibility index (Phi) is 8.24. The number of ether oxygens (including phenoxy) is 2. The number of benzene rings is 2. The van der Waals surface area contributed by atoms with Crippen LogP contribution in [0.4, 0.5) is 4.39 Å². The highest BCUT2D eigenvalue weighted by Crippen LogP contribution is 2.32. The quantitative estimate of drug-likeness (QED) is 0.428. The van der Waals surface area contributed by atoms with Gasteiger partial charge in [0, 0.05) is 7.11 Å². The van der Waals surface area contributed by atoms with Crippen LogP contribution in [-0.2, 0) is 25.9 Å². The zero-order chi connectivity index (χ0) is 25.0. The van der Waals surface area contributed by atoms with E-state index in [0.717, 1.165) is 12.1 Å². The molecule has 0 saturated heterocycles. The average molecular weight is 555 g/mol. The second-order valence-corrected chi connectivity index (χ2v) is 10.4. The highest BCUT2D eigenvalue weighted by atomic mass is 79.9. The first-order chi connectivity index (χ1) is 16.1. The van der Waals surface area contributed by atoms with Gasteiger partial charge >= 0.3 is 0 Å². The van der Waals surface area contributed by atoms with Crippen molar-refractivity contribution in [1.29, 1.82) is 0 Å². The van der Waals surface area contributed by atoms with Gasteiger partial charge in [0.05, 0.1) is 28.1 Å². The van der Waals surface area contributed by atoms with Crippen LogP contribution in [0.1, 0.15) is 31.3 Å². The van der Waals surface area contributed by atoms with Gasteiger partial charge in [0.1, 0.15) is 18.2 Å². The Morgan fingerprint density at radius 3 is 2.44 bits per heavy atom. The minimum absolute atomic E-state index is 0.0167. The van der Waals surface area contributed by atoms with Gasteiger partial charge in [-0.3, -0.25) is 9.36 Å². The van der Waals surface area contributed by atoms with E-state index in [1.165, 1.54) is 17.7 Å². The van der Waals surface area contributed by atoms with Crippen molar-refractivity contribution in [3.8, 4) is 5.88 Å². The summed E-state index contributed by atoms with van der Waals surface area (Å²) < 4.78 is 52.9. The smallest absolute Gasteiger partial charge is 0.296 e. The first kappa shape index (κ1) is 26.0. The highest BCUT2D eigenvalue weighted by molar-refractivity contribution is 9.10. The summed E-state index contributed by atoms with van der Waals surface area (Å²) in [4.78, 5) is 15.4. The van der Waals surface area contributed by atoms with Gasteiger partial charge in [-0.2, -0.15) is 4.98 Å². The first-order valence-electron chi connectivity index (χ1n) is 10.3. The Morgan fingerprint density at radius 2 is 1.85 bits per heavy atom. The van der Waals surface area contributed by atoms with Crippen LogP contribution in [0.5, 0.6) is 5.88 Å². The fourth-order valence-corrected chi connectivity index (χ4v) is 4.97. The highest BCUT2D eigenvalue weighted by Gasteiger charge is 2.32. The monoisotopic (exact) mass is 554 g/mol. The van der Waals surface area contributed by atoms with E-state index in [1.54, 1.807) is 44.2 Å². The van der Waals surface area contributed by atoms with Crippen molar-refractivity contribution in [2.24, 2.45) is 0 Å². The first-order valence-corrected chi connectivity index (χ1v) is 12.6. The van der Waals surface area contributed by atoms with Crippen molar-refractivity contribution in [3.05, 3.63) is 80.6 Å². The summed E-state index contributed by atoms with van der Waals surface area (Å²) in [6.45, 7) is 3.43. The fraction of sp³-hybridized carbons (Fsp3) is 0.304. The van der Waals surface area contributed by atoms with Crippen LogP contribution in [0.3, 0.4) is 0 Å². The molecular weight excluding hydrogens is 531 g/mol. The standard InChI is InChI=1S/C23H24BrFN2O6S/c1-14(2)33-13-20-26-22(28)21(34(30,31)16-9-10-17(24)18(25)11-16)23(29)27(20)19(12-32-3)15-7-5-4-6-8-15/h4-11,14,19,29H,12-13H2,1-3H3. The number of aromatic nitrogens is 2. The van der Waals surface area contributed by atoms with Gasteiger partial charge in [0.15, 0.2) is 4.90 Å². The maximum Gasteiger partial charge on any atom is 0.296 e. The van der Waals surface area contributed by atoms with E-state index in [9.17, 15) is 22.7 Å². The zero-order valence-electron chi connectivity index (χ0n) is 18.7. The number of hydrogen-bond acceptors (Lipinski definition) is 7. The van der Waals surface area contributed by atoms with E-state index < -0.39 is 42.9 Å². The Hall–Kier alpha value is -2.60. The molecule has 0 bridgehead atoms. The molecule has 0 fully saturated rings. The summed E-state index contributed by atoms with van der Waals surface area (Å²) >= 11 is 2.97. The molecule has 34 heavy (non-hydrogen) atoms. The molecule has 3 aromatic rings. The van der Waals surface area contributed by atoms with Crippen molar-refractivity contribution < 1.29 is 27.4 Å². The topological polar surface area (TPSA) is 108 Å². The fourth-order valence-electron chi connectivity index (χ4n) is 3.37. The lowest BCUT2D eigenvalue weighted by molar-refractivity contribution is 0.0554. The van der Waals surface area contributed by atoms with Crippen LogP contribution in [0.2, 0.25) is 0 Å². The van der Waals surface area contributed by atoms with Gasteiger partial charge in [-0.15, -0.1) is 0 Å². The van der Waals surface area contributed by atoms with Crippen molar-refractivity contribution in [2.45, 2.75) is 42.4 Å². The van der Waals surface area contributed by atoms with E-state index in [4.69, 9.17) is 9.47 Å². The van der Waals surface area contributed by atoms with Crippen LogP contribution >= 0.6 is 15.9 Å². The summed E-state index contributed by atoms with van der Waals surface area (Å²) in [5, 5.41) is 11.2. The third-order valence-corrected chi connectivity index (χ3v) is 7.38. The van der Waals surface area contributed by atoms with Crippen molar-refractivity contribution in [3.63, 3.8) is 0 Å². The molecule has 8 nitrogen and oxygen atoms in total. The molecule has 0 aliphatic carbocycles. The van der Waals surface area contributed by atoms with Crippen LogP contribution < -0.4 is 5.56 Å². The molecule has 0 aliphatic heterocycles. The Morgan fingerprint density at radius 1 is 1.18 bits per heavy atom. The molecule has 1 unspecified atom stereocenters. The Labute approximate surface area is 205 Å². The molecule has 0 amide bonds. The van der Waals surface area contributed by atoms with Crippen molar-refractivity contribution in [2.75, 3.05) is 13.7 Å². The van der Waals surface area contributed by atoms with Gasteiger partial charge in [-0.05, 0) is 53.5 Å². The second-order valence-electron chi connectivity index (χ2n) is 7.68. The molecule has 11 heteroatoms. The normalized spacial score (nSPS) is 12.8. The molecule has 182 valence electrons. The molecule has 1 heterocycles. The maximum atomic E-state index is 14.1. The molecule has 3 rings (SSSR count). The Balaban J connectivity index is 2.31. The van der Waals surface area contributed by atoms with E-state index in [2.05, 4.69) is 20.9 Å². The summed E-state index contributed by atoms with van der Waals surface area (Å²) in [6, 6.07) is 11.3. The van der Waals surface area contributed by atoms with E-state index >= 15 is 0 Å². The molecule has 1 aromatic heterocycles. The van der Waals surface area contributed by atoms with Gasteiger partial charge in [0.25, 0.3) is 5.56 Å². The number of aromatic hydroxyl groups is 1. The lowest BCUT2D eigenvalue weighted by atomic mass is 10.1. The average Bonchev–Trinajstić information content (AvgIpc) is 2.78. The van der Waals surface area contributed by atoms with Crippen LogP contribution in [-0.4, -0.2) is 42.9 Å². The van der Waals surface area contributed by atoms with Gasteiger partial charge in [-0.25, -0.2) is 12.8 Å². The summed E-state index contributed by atoms with van der Waals surface area (Å²) in [6.07, 6.45) is -0.223. The van der Waals surface area contributed by atoms with Gasteiger partial charge in [-0.1, -0.05) is 30.3 Å². The molecular formula is C23H24BrFN2O6S. The third kappa shape index (κ3) is 5.38. The maximum absolute atomic E-state index is 14.1. The lowest BCUT2D eigenvalue weighted by Crippen LogP contribution is -2.29. The van der Waals surface area contributed by atoms with Gasteiger partial charge < -0.3 is 14.6 Å². The third-order valence-electron chi connectivity index (χ3n) is 4.97. The summed E-state index contributed by atoms with van der Waals surface area (Å²) in [7, 11) is -3.18. The number of sulfone groups is 1. The minimum atomic E-state index is -4.63. The summed E-state index contributed by atoms with van der Waals surface area (Å²) in [5.41, 5.74) is -0.502. The number of hydrogen-bond donors (Lipinski definition) is 1. The molecule has 0 saturated carbocycles. The minimum Gasteiger partial charge on any atom is -0.493 e. The molecule has 0 spiro atoms. The Bertz CT molecular complexity index is 1330. The van der Waals surface area contributed by atoms with Crippen LogP contribution in [0, 0.1) is 5.82 Å². The number of nitrogens with zero attached hydrogens (tertiary/aromatic N) is 2. The number of rotatable bonds is 9. The van der Waals surface area contributed by atoms with Crippen molar-refractivity contribution >= 4 is 25.8 Å². The molecule has 0 radical (unpaired) electrons. The van der Waals surface area contributed by atoms with Gasteiger partial charge in [0.2, 0.25) is 15.7 Å². The summed E-state index contributed by atoms with van der Waals surface area (Å²) in [5.74, 6) is -1.66. The SMILES string of the molecule is COCC(c1ccccc1)n1c(COC(C)C)nc(=O)c(S(=O)(=O)c2ccc(Br)c(F)c2)c1O. The predicted molar refractivity (Wildman–Crippen MR) is 126 cm³/mol. The predicted octanol–water partition coefficient (Wildman–Crippen LogP) is 3.84. The zero-order valence-corrected chi connectivity index (χ0v) is 21.1. The molecule has 1 atom stereocenters. The van der Waals surface area contributed by atoms with Crippen LogP contribution in [0.25, 0.3) is 0 Å². The largest absolute Gasteiger partial charge is 0.493 e. The van der Waals surface area contributed by atoms with E-state index in [0.29, 0.717) is 5.56 Å². The number of methoxy groups -OCH3 is 1. The van der Waals surface area contributed by atoms with E-state index in [1.807, 2.05) is 0 Å². The molecule has 0 aliphatic rings. The van der Waals surface area contributed by atoms with Crippen molar-refractivity contribution in [1.82, 2.24) is 9.55 Å². The van der Waals surface area contributed by atoms with E-state index in [-0.39, 0.29) is 29.6 Å². The molecule has 1 N–H and O–H groups in total.